The first kappa shape index (κ1) is 23.5. The van der Waals surface area contributed by atoms with E-state index in [0.29, 0.717) is 12.1 Å². The van der Waals surface area contributed by atoms with E-state index in [2.05, 4.69) is 20.1 Å². The van der Waals surface area contributed by atoms with E-state index >= 15 is 0 Å². The van der Waals surface area contributed by atoms with Gasteiger partial charge in [-0.15, -0.1) is 11.3 Å². The number of nitrogens with one attached hydrogen (secondary N) is 1. The smallest absolute Gasteiger partial charge is 0.368 e. The van der Waals surface area contributed by atoms with E-state index < -0.39 is 17.6 Å². The molecule has 0 unspecified atom stereocenters. The average molecular weight is 495 g/mol. The Hall–Kier alpha value is -2.62. The molecule has 1 saturated heterocycles. The molecule has 174 valence electrons. The van der Waals surface area contributed by atoms with Crippen molar-refractivity contribution in [3.05, 3.63) is 80.8 Å². The Morgan fingerprint density at radius 1 is 1.09 bits per heavy atom. The lowest BCUT2D eigenvalue weighted by Gasteiger charge is -2.36. The second kappa shape index (κ2) is 10.1. The van der Waals surface area contributed by atoms with E-state index in [1.807, 2.05) is 24.3 Å². The van der Waals surface area contributed by atoms with Crippen molar-refractivity contribution in [2.75, 3.05) is 31.1 Å². The summed E-state index contributed by atoms with van der Waals surface area (Å²) >= 11 is 7.70. The highest BCUT2D eigenvalue weighted by atomic mass is 35.5. The van der Waals surface area contributed by atoms with E-state index in [4.69, 9.17) is 11.6 Å². The van der Waals surface area contributed by atoms with Crippen molar-refractivity contribution in [3.8, 4) is 0 Å². The van der Waals surface area contributed by atoms with Gasteiger partial charge in [0.1, 0.15) is 10.7 Å². The topological polar surface area (TPSA) is 48.5 Å². The Bertz CT molecular complexity index is 1110. The van der Waals surface area contributed by atoms with E-state index in [1.54, 1.807) is 11.4 Å². The summed E-state index contributed by atoms with van der Waals surface area (Å²) in [7, 11) is 0. The highest BCUT2D eigenvalue weighted by Gasteiger charge is 2.30. The zero-order valence-electron chi connectivity index (χ0n) is 17.6. The molecular weight excluding hydrogens is 473 g/mol. The number of carbonyl (C=O) groups excluding carboxylic acids is 1. The molecule has 3 aromatic rings. The summed E-state index contributed by atoms with van der Waals surface area (Å²) < 4.78 is 38.5. The van der Waals surface area contributed by atoms with Crippen LogP contribution in [-0.2, 0) is 19.3 Å². The second-order valence-electron chi connectivity index (χ2n) is 7.72. The number of anilines is 1. The van der Waals surface area contributed by atoms with Crippen LogP contribution in [0.2, 0.25) is 5.02 Å². The van der Waals surface area contributed by atoms with Crippen molar-refractivity contribution < 1.29 is 18.0 Å². The molecule has 0 saturated carbocycles. The number of hydrogen-bond donors (Lipinski definition) is 1. The van der Waals surface area contributed by atoms with Crippen molar-refractivity contribution in [3.63, 3.8) is 0 Å². The number of aromatic nitrogens is 1. The number of benzene rings is 2. The lowest BCUT2D eigenvalue weighted by Crippen LogP contribution is -2.46. The van der Waals surface area contributed by atoms with Crippen molar-refractivity contribution in [1.82, 2.24) is 15.2 Å². The Kier molecular flexibility index (Phi) is 7.21. The molecule has 1 amide bonds. The summed E-state index contributed by atoms with van der Waals surface area (Å²) in [5.74, 6) is -0.404. The van der Waals surface area contributed by atoms with E-state index in [9.17, 15) is 18.0 Å². The summed E-state index contributed by atoms with van der Waals surface area (Å²) in [5, 5.41) is 5.89. The van der Waals surface area contributed by atoms with Crippen LogP contribution in [0.15, 0.2) is 53.9 Å². The van der Waals surface area contributed by atoms with Crippen LogP contribution in [0, 0.1) is 0 Å². The third-order valence-electron chi connectivity index (χ3n) is 5.42. The quantitative estimate of drug-likeness (QED) is 0.520. The van der Waals surface area contributed by atoms with Gasteiger partial charge in [-0.2, -0.15) is 13.2 Å². The molecule has 1 N–H and O–H groups in total. The third-order valence-corrected chi connectivity index (χ3v) is 6.57. The average Bonchev–Trinajstić information content (AvgIpc) is 3.27. The van der Waals surface area contributed by atoms with Crippen molar-refractivity contribution in [2.45, 2.75) is 19.3 Å². The number of thiazole rings is 1. The molecule has 33 heavy (non-hydrogen) atoms. The Morgan fingerprint density at radius 2 is 1.85 bits per heavy atom. The maximum Gasteiger partial charge on any atom is 0.416 e. The minimum Gasteiger partial charge on any atom is -0.368 e. The molecule has 4 rings (SSSR count). The number of halogens is 4. The van der Waals surface area contributed by atoms with Gasteiger partial charge in [0.05, 0.1) is 22.8 Å². The molecule has 1 aliphatic heterocycles. The summed E-state index contributed by atoms with van der Waals surface area (Å²) in [6.45, 7) is 4.03. The highest BCUT2D eigenvalue weighted by molar-refractivity contribution is 7.09. The van der Waals surface area contributed by atoms with Gasteiger partial charge in [-0.25, -0.2) is 4.98 Å². The van der Waals surface area contributed by atoms with Crippen LogP contribution in [0.1, 0.15) is 26.6 Å². The molecule has 2 aromatic carbocycles. The number of hydrogen-bond acceptors (Lipinski definition) is 5. The largest absolute Gasteiger partial charge is 0.416 e. The van der Waals surface area contributed by atoms with E-state index in [-0.39, 0.29) is 12.2 Å². The molecular formula is C23H22ClF3N4OS. The molecule has 5 nitrogen and oxygen atoms in total. The number of rotatable bonds is 6. The molecule has 0 atom stereocenters. The monoisotopic (exact) mass is 494 g/mol. The van der Waals surface area contributed by atoms with Crippen LogP contribution in [-0.4, -0.2) is 42.0 Å². The summed E-state index contributed by atoms with van der Waals surface area (Å²) in [4.78, 5) is 21.4. The van der Waals surface area contributed by atoms with Gasteiger partial charge in [-0.3, -0.25) is 9.69 Å². The number of carbonyl (C=O) groups is 1. The van der Waals surface area contributed by atoms with Gasteiger partial charge >= 0.3 is 6.18 Å². The first-order valence-electron chi connectivity index (χ1n) is 10.4. The summed E-state index contributed by atoms with van der Waals surface area (Å²) in [5.41, 5.74) is 0.953. The fraction of sp³-hybridized carbons (Fsp3) is 0.304. The van der Waals surface area contributed by atoms with Crippen LogP contribution >= 0.6 is 22.9 Å². The van der Waals surface area contributed by atoms with Crippen LogP contribution in [0.4, 0.5) is 18.9 Å². The minimum absolute atomic E-state index is 0.000378. The molecule has 1 aromatic heterocycles. The van der Waals surface area contributed by atoms with Crippen molar-refractivity contribution >= 4 is 34.5 Å². The van der Waals surface area contributed by atoms with Gasteiger partial charge < -0.3 is 10.2 Å². The summed E-state index contributed by atoms with van der Waals surface area (Å²) in [6, 6.07) is 12.7. The van der Waals surface area contributed by atoms with Gasteiger partial charge in [0.15, 0.2) is 0 Å². The fourth-order valence-electron chi connectivity index (χ4n) is 3.66. The molecule has 1 aliphatic rings. The Morgan fingerprint density at radius 3 is 2.58 bits per heavy atom. The normalized spacial score (nSPS) is 15.0. The number of nitrogens with zero attached hydrogens (tertiary/aromatic N) is 3. The predicted octanol–water partition coefficient (Wildman–Crippen LogP) is 5.07. The van der Waals surface area contributed by atoms with Crippen LogP contribution in [0.3, 0.4) is 0 Å². The number of para-hydroxylation sites is 1. The first-order valence-corrected chi connectivity index (χ1v) is 11.7. The van der Waals surface area contributed by atoms with Gasteiger partial charge in [0, 0.05) is 38.1 Å². The van der Waals surface area contributed by atoms with Gasteiger partial charge in [-0.1, -0.05) is 35.9 Å². The van der Waals surface area contributed by atoms with Crippen LogP contribution in [0.5, 0.6) is 0 Å². The number of alkyl halides is 3. The predicted molar refractivity (Wildman–Crippen MR) is 124 cm³/mol. The lowest BCUT2D eigenvalue weighted by molar-refractivity contribution is -0.137. The fourth-order valence-corrected chi connectivity index (χ4v) is 4.74. The SMILES string of the molecule is O=C(NCc1cccc(C(F)(F)F)c1)c1csc(CN2CCN(c3ccccc3Cl)CC2)n1. The Labute approximate surface area is 198 Å². The van der Waals surface area contributed by atoms with Crippen LogP contribution < -0.4 is 10.2 Å². The van der Waals surface area contributed by atoms with Gasteiger partial charge in [-0.05, 0) is 29.8 Å². The lowest BCUT2D eigenvalue weighted by atomic mass is 10.1. The molecule has 0 spiro atoms. The van der Waals surface area contributed by atoms with Gasteiger partial charge in [0.25, 0.3) is 5.91 Å². The van der Waals surface area contributed by atoms with Crippen LogP contribution in [0.25, 0.3) is 0 Å². The Balaban J connectivity index is 1.28. The molecule has 0 bridgehead atoms. The minimum atomic E-state index is -4.41. The highest BCUT2D eigenvalue weighted by Crippen LogP contribution is 2.29. The van der Waals surface area contributed by atoms with Crippen molar-refractivity contribution in [2.24, 2.45) is 0 Å². The third kappa shape index (κ3) is 6.04. The van der Waals surface area contributed by atoms with E-state index in [1.165, 1.54) is 17.4 Å². The molecule has 0 aliphatic carbocycles. The summed E-state index contributed by atoms with van der Waals surface area (Å²) in [6.07, 6.45) is -4.41. The first-order chi connectivity index (χ1) is 15.8. The second-order valence-corrected chi connectivity index (χ2v) is 9.07. The standard InChI is InChI=1S/C23H22ClF3N4OS/c24-18-6-1-2-7-20(18)31-10-8-30(9-11-31)14-21-29-19(15-33-21)22(32)28-13-16-4-3-5-17(12-16)23(25,26)27/h1-7,12,15H,8-11,13-14H2,(H,28,32). The molecule has 1 fully saturated rings. The van der Waals surface area contributed by atoms with E-state index in [0.717, 1.165) is 54.0 Å². The molecule has 10 heteroatoms. The zero-order valence-corrected chi connectivity index (χ0v) is 19.2. The number of amides is 1. The molecule has 0 radical (unpaired) electrons. The number of piperazine rings is 1. The maximum atomic E-state index is 12.8. The van der Waals surface area contributed by atoms with Gasteiger partial charge in [0.2, 0.25) is 0 Å². The maximum absolute atomic E-state index is 12.8. The molecule has 2 heterocycles. The zero-order chi connectivity index (χ0) is 23.4. The van der Waals surface area contributed by atoms with Crippen molar-refractivity contribution in [1.29, 1.82) is 0 Å².